The predicted octanol–water partition coefficient (Wildman–Crippen LogP) is 1.12. The first-order valence-corrected chi connectivity index (χ1v) is 5.32. The predicted molar refractivity (Wildman–Crippen MR) is 57.3 cm³/mol. The molecule has 0 bridgehead atoms. The topological polar surface area (TPSA) is 96.3 Å². The third-order valence-corrected chi connectivity index (χ3v) is 2.27. The summed E-state index contributed by atoms with van der Waals surface area (Å²) in [7, 11) is 0. The molecule has 7 heteroatoms. The van der Waals surface area contributed by atoms with Crippen LogP contribution in [0.5, 0.6) is 0 Å². The van der Waals surface area contributed by atoms with Crippen molar-refractivity contribution >= 4 is 0 Å². The van der Waals surface area contributed by atoms with E-state index in [2.05, 4.69) is 4.98 Å². The fraction of sp³-hybridized carbons (Fsp3) is 0.800. The van der Waals surface area contributed by atoms with E-state index in [4.69, 9.17) is 19.6 Å². The van der Waals surface area contributed by atoms with Crippen molar-refractivity contribution in [2.24, 2.45) is 0 Å². The van der Waals surface area contributed by atoms with Crippen LogP contribution >= 0.6 is 0 Å². The Hall–Kier alpha value is -1.36. The number of aliphatic hydroxyl groups is 2. The van der Waals surface area contributed by atoms with E-state index in [9.17, 15) is 10.2 Å². The van der Waals surface area contributed by atoms with Crippen LogP contribution in [0.1, 0.15) is 20.8 Å². The molecule has 1 aliphatic rings. The van der Waals surface area contributed by atoms with Crippen LogP contribution in [0, 0.1) is 5.39 Å². The molecule has 17 heavy (non-hydrogen) atoms. The zero-order chi connectivity index (χ0) is 13.1. The van der Waals surface area contributed by atoms with Crippen molar-refractivity contribution < 1.29 is 24.4 Å². The summed E-state index contributed by atoms with van der Waals surface area (Å²) in [6.07, 6.45) is -2.05. The zero-order valence-corrected chi connectivity index (χ0v) is 10.1. The Morgan fingerprint density at radius 1 is 1.65 bits per heavy atom. The lowest BCUT2D eigenvalue weighted by molar-refractivity contribution is -0.148. The van der Waals surface area contributed by atoms with Gasteiger partial charge in [0.25, 0.3) is 0 Å². The van der Waals surface area contributed by atoms with Gasteiger partial charge in [-0.2, -0.15) is 0 Å². The summed E-state index contributed by atoms with van der Waals surface area (Å²) >= 11 is 0. The summed E-state index contributed by atoms with van der Waals surface area (Å²) in [5.41, 5.74) is -0.377. The van der Waals surface area contributed by atoms with Gasteiger partial charge in [-0.1, -0.05) is 0 Å². The molecule has 1 saturated heterocycles. The molecule has 0 aromatic heterocycles. The smallest absolute Gasteiger partial charge is 0.471 e. The van der Waals surface area contributed by atoms with Crippen LogP contribution < -0.4 is 0 Å². The van der Waals surface area contributed by atoms with Crippen LogP contribution in [-0.4, -0.2) is 41.4 Å². The Labute approximate surface area is 99.2 Å². The third kappa shape index (κ3) is 3.30. The van der Waals surface area contributed by atoms with Crippen molar-refractivity contribution in [3.8, 4) is 0 Å². The zero-order valence-electron chi connectivity index (χ0n) is 10.1. The number of hydrogen-bond donors (Lipinski definition) is 2. The van der Waals surface area contributed by atoms with Gasteiger partial charge in [0.1, 0.15) is 6.10 Å². The van der Waals surface area contributed by atoms with Gasteiger partial charge in [0.2, 0.25) is 5.39 Å². The van der Waals surface area contributed by atoms with Crippen molar-refractivity contribution in [1.29, 1.82) is 5.39 Å². The fourth-order valence-electron chi connectivity index (χ4n) is 1.49. The first-order chi connectivity index (χ1) is 7.91. The molecule has 0 amide bonds. The number of hydrogen-bond acceptors (Lipinski definition) is 6. The van der Waals surface area contributed by atoms with Gasteiger partial charge in [-0.25, -0.2) is 0 Å². The van der Waals surface area contributed by atoms with Crippen LogP contribution in [0.3, 0.4) is 0 Å². The van der Waals surface area contributed by atoms with Crippen molar-refractivity contribution in [2.45, 2.75) is 38.8 Å². The van der Waals surface area contributed by atoms with Crippen molar-refractivity contribution in [3.05, 3.63) is 16.6 Å². The summed E-state index contributed by atoms with van der Waals surface area (Å²) in [6, 6.07) is 0. The largest absolute Gasteiger partial charge is 0.475 e. The van der Waals surface area contributed by atoms with Gasteiger partial charge < -0.3 is 24.4 Å². The second kappa shape index (κ2) is 5.31. The molecule has 2 N–H and O–H groups in total. The Morgan fingerprint density at radius 3 is 2.71 bits per heavy atom. The van der Waals surface area contributed by atoms with Gasteiger partial charge in [0, 0.05) is 0 Å². The van der Waals surface area contributed by atoms with Crippen LogP contribution in [0.15, 0.2) is 11.6 Å². The Morgan fingerprint density at radius 2 is 2.29 bits per heavy atom. The summed E-state index contributed by atoms with van der Waals surface area (Å²) in [4.78, 5) is 2.82. The van der Waals surface area contributed by atoms with Gasteiger partial charge in [-0.05, 0) is 20.8 Å². The normalized spacial score (nSPS) is 25.9. The van der Waals surface area contributed by atoms with E-state index in [-0.39, 0.29) is 18.9 Å². The number of ether oxygens (including phenoxy) is 3. The molecule has 1 aliphatic heterocycles. The standard InChI is InChI=1S/C10H16N2O5/c1-4-15-9(14)7(12-11)8(13)6-5-16-10(2,3)17-6/h6,8,13H,4-5H2,1-3H3/p+1/b9-7-/t6-,8-/m1/s1. The van der Waals surface area contributed by atoms with Gasteiger partial charge in [-0.3, -0.25) is 0 Å². The van der Waals surface area contributed by atoms with E-state index < -0.39 is 23.9 Å². The minimum absolute atomic E-state index is 0.132. The molecule has 7 nitrogen and oxygen atoms in total. The van der Waals surface area contributed by atoms with E-state index in [0.717, 1.165) is 0 Å². The molecule has 0 aromatic rings. The molecule has 1 heterocycles. The first-order valence-electron chi connectivity index (χ1n) is 5.32. The van der Waals surface area contributed by atoms with Gasteiger partial charge in [0.15, 0.2) is 16.9 Å². The first kappa shape index (κ1) is 13.7. The summed E-state index contributed by atoms with van der Waals surface area (Å²) in [5, 5.41) is 28.1. The molecule has 0 aliphatic carbocycles. The quantitative estimate of drug-likeness (QED) is 0.569. The van der Waals surface area contributed by atoms with Crippen LogP contribution in [0.4, 0.5) is 0 Å². The molecule has 0 saturated carbocycles. The molecular formula is C10H17N2O5+. The minimum atomic E-state index is -1.33. The van der Waals surface area contributed by atoms with Gasteiger partial charge in [0.05, 0.1) is 13.2 Å². The van der Waals surface area contributed by atoms with E-state index in [0.29, 0.717) is 0 Å². The highest BCUT2D eigenvalue weighted by Crippen LogP contribution is 2.27. The molecule has 0 spiro atoms. The lowest BCUT2D eigenvalue weighted by Gasteiger charge is -2.17. The number of aliphatic hydroxyl groups excluding tert-OH is 2. The van der Waals surface area contributed by atoms with E-state index in [1.54, 1.807) is 20.8 Å². The maximum absolute atomic E-state index is 9.88. The average molecular weight is 245 g/mol. The van der Waals surface area contributed by atoms with E-state index in [1.807, 2.05) is 0 Å². The molecule has 0 aromatic carbocycles. The maximum Gasteiger partial charge on any atom is 0.471 e. The lowest BCUT2D eigenvalue weighted by atomic mass is 10.1. The Bertz CT molecular complexity index is 347. The molecule has 2 atom stereocenters. The number of diazo groups is 1. The summed E-state index contributed by atoms with van der Waals surface area (Å²) < 4.78 is 15.4. The number of rotatable bonds is 4. The monoisotopic (exact) mass is 245 g/mol. The van der Waals surface area contributed by atoms with Gasteiger partial charge in [-0.15, -0.1) is 0 Å². The second-order valence-corrected chi connectivity index (χ2v) is 4.04. The third-order valence-electron chi connectivity index (χ3n) is 2.27. The highest BCUT2D eigenvalue weighted by Gasteiger charge is 2.45. The molecule has 96 valence electrons. The van der Waals surface area contributed by atoms with Crippen LogP contribution in [0.25, 0.3) is 4.98 Å². The molecule has 0 unspecified atom stereocenters. The Balaban J connectivity index is 2.78. The highest BCUT2D eigenvalue weighted by atomic mass is 16.7. The summed E-state index contributed by atoms with van der Waals surface area (Å²) in [5.74, 6) is -1.44. The van der Waals surface area contributed by atoms with Crippen molar-refractivity contribution in [2.75, 3.05) is 13.2 Å². The molecule has 0 radical (unpaired) electrons. The van der Waals surface area contributed by atoms with Crippen molar-refractivity contribution in [1.82, 2.24) is 0 Å². The highest BCUT2D eigenvalue weighted by molar-refractivity contribution is 5.17. The molecular weight excluding hydrogens is 228 g/mol. The average Bonchev–Trinajstić information content (AvgIpc) is 2.60. The fourth-order valence-corrected chi connectivity index (χ4v) is 1.49. The molecule has 1 fully saturated rings. The molecule has 1 rings (SSSR count). The van der Waals surface area contributed by atoms with Gasteiger partial charge >= 0.3 is 11.6 Å². The van der Waals surface area contributed by atoms with Crippen LogP contribution in [0.2, 0.25) is 0 Å². The maximum atomic E-state index is 9.88. The number of nitrogens with zero attached hydrogens (tertiary/aromatic N) is 2. The Kier molecular flexibility index (Phi) is 4.28. The minimum Gasteiger partial charge on any atom is -0.475 e. The lowest BCUT2D eigenvalue weighted by Crippen LogP contribution is -2.32. The van der Waals surface area contributed by atoms with Crippen molar-refractivity contribution in [3.63, 3.8) is 0 Å². The van der Waals surface area contributed by atoms with E-state index >= 15 is 0 Å². The SMILES string of the molecule is CCO/C(O)=C(\[N+]#N)[C@H](O)[C@H]1COC(C)(C)O1. The van der Waals surface area contributed by atoms with E-state index in [1.165, 1.54) is 0 Å². The second-order valence-electron chi connectivity index (χ2n) is 4.04. The summed E-state index contributed by atoms with van der Waals surface area (Å²) in [6.45, 7) is 5.36. The van der Waals surface area contributed by atoms with Crippen LogP contribution in [-0.2, 0) is 14.2 Å².